The Labute approximate surface area is 130 Å². The Bertz CT molecular complexity index is 589. The highest BCUT2D eigenvalue weighted by molar-refractivity contribution is 7.10. The average Bonchev–Trinajstić information content (AvgIpc) is 2.84. The van der Waals surface area contributed by atoms with Crippen LogP contribution in [0.15, 0.2) is 35.7 Å². The molecule has 1 aromatic heterocycles. The fourth-order valence-electron chi connectivity index (χ4n) is 2.14. The van der Waals surface area contributed by atoms with Gasteiger partial charge in [-0.1, -0.05) is 19.1 Å². The first-order valence-corrected chi connectivity index (χ1v) is 8.06. The van der Waals surface area contributed by atoms with Gasteiger partial charge in [-0.05, 0) is 55.1 Å². The van der Waals surface area contributed by atoms with Gasteiger partial charge in [-0.15, -0.1) is 11.3 Å². The van der Waals surface area contributed by atoms with Crippen LogP contribution in [0, 0.1) is 6.92 Å². The number of rotatable bonds is 6. The molecule has 0 saturated heterocycles. The van der Waals surface area contributed by atoms with E-state index in [1.54, 1.807) is 11.3 Å². The number of amides is 1. The molecule has 0 aliphatic heterocycles. The summed E-state index contributed by atoms with van der Waals surface area (Å²) in [5.41, 5.74) is 3.43. The lowest BCUT2D eigenvalue weighted by Crippen LogP contribution is -2.29. The summed E-state index contributed by atoms with van der Waals surface area (Å²) < 4.78 is 0. The van der Waals surface area contributed by atoms with E-state index in [1.807, 2.05) is 36.2 Å². The van der Waals surface area contributed by atoms with Crippen molar-refractivity contribution in [1.82, 2.24) is 4.90 Å². The van der Waals surface area contributed by atoms with Crippen LogP contribution in [0.2, 0.25) is 0 Å². The van der Waals surface area contributed by atoms with Crippen molar-refractivity contribution in [1.29, 1.82) is 0 Å². The summed E-state index contributed by atoms with van der Waals surface area (Å²) in [4.78, 5) is 15.4. The first-order chi connectivity index (χ1) is 10.1. The van der Waals surface area contributed by atoms with Gasteiger partial charge in [0.25, 0.3) is 0 Å². The van der Waals surface area contributed by atoms with E-state index in [1.165, 1.54) is 16.0 Å². The molecule has 1 N–H and O–H groups in total. The molecule has 0 fully saturated rings. The van der Waals surface area contributed by atoms with Crippen LogP contribution in [-0.2, 0) is 17.8 Å². The monoisotopic (exact) mass is 302 g/mol. The highest BCUT2D eigenvalue weighted by Gasteiger charge is 2.09. The zero-order chi connectivity index (χ0) is 15.2. The van der Waals surface area contributed by atoms with Gasteiger partial charge in [0, 0.05) is 17.1 Å². The number of hydrogen-bond acceptors (Lipinski definition) is 3. The van der Waals surface area contributed by atoms with Crippen molar-refractivity contribution in [2.24, 2.45) is 0 Å². The molecule has 0 radical (unpaired) electrons. The molecular weight excluding hydrogens is 280 g/mol. The SMILES string of the molecule is CCc1ccc(NC(=O)CN(C)Cc2sccc2C)cc1. The highest BCUT2D eigenvalue weighted by atomic mass is 32.1. The molecule has 112 valence electrons. The molecule has 1 heterocycles. The van der Waals surface area contributed by atoms with E-state index in [0.29, 0.717) is 6.54 Å². The maximum atomic E-state index is 12.0. The Balaban J connectivity index is 1.84. The van der Waals surface area contributed by atoms with E-state index in [0.717, 1.165) is 18.7 Å². The van der Waals surface area contributed by atoms with Gasteiger partial charge in [0.2, 0.25) is 5.91 Å². The van der Waals surface area contributed by atoms with Crippen molar-refractivity contribution in [2.45, 2.75) is 26.8 Å². The molecule has 0 aliphatic rings. The van der Waals surface area contributed by atoms with Crippen LogP contribution in [0.5, 0.6) is 0 Å². The van der Waals surface area contributed by atoms with Crippen molar-refractivity contribution in [3.05, 3.63) is 51.7 Å². The first kappa shape index (κ1) is 15.7. The third-order valence-electron chi connectivity index (χ3n) is 3.44. The fraction of sp³-hybridized carbons (Fsp3) is 0.353. The van der Waals surface area contributed by atoms with E-state index in [-0.39, 0.29) is 5.91 Å². The molecule has 0 spiro atoms. The number of nitrogens with zero attached hydrogens (tertiary/aromatic N) is 1. The van der Waals surface area contributed by atoms with Crippen molar-refractivity contribution >= 4 is 22.9 Å². The molecule has 0 bridgehead atoms. The predicted octanol–water partition coefficient (Wildman–Crippen LogP) is 3.69. The zero-order valence-corrected chi connectivity index (χ0v) is 13.7. The lowest BCUT2D eigenvalue weighted by Gasteiger charge is -2.16. The standard InChI is InChI=1S/C17H22N2OS/c1-4-14-5-7-15(8-6-14)18-17(20)12-19(3)11-16-13(2)9-10-21-16/h5-10H,4,11-12H2,1-3H3,(H,18,20). The summed E-state index contributed by atoms with van der Waals surface area (Å²) in [6.45, 7) is 5.43. The zero-order valence-electron chi connectivity index (χ0n) is 12.8. The molecule has 1 amide bonds. The van der Waals surface area contributed by atoms with Crippen LogP contribution < -0.4 is 5.32 Å². The Morgan fingerprint density at radius 2 is 1.95 bits per heavy atom. The topological polar surface area (TPSA) is 32.3 Å². The van der Waals surface area contributed by atoms with E-state index < -0.39 is 0 Å². The minimum Gasteiger partial charge on any atom is -0.325 e. The minimum atomic E-state index is 0.0240. The van der Waals surface area contributed by atoms with Crippen LogP contribution in [-0.4, -0.2) is 24.4 Å². The number of benzene rings is 1. The number of aryl methyl sites for hydroxylation is 2. The van der Waals surface area contributed by atoms with Gasteiger partial charge in [0.15, 0.2) is 0 Å². The summed E-state index contributed by atoms with van der Waals surface area (Å²) in [5.74, 6) is 0.0240. The number of carbonyl (C=O) groups excluding carboxylic acids is 1. The molecule has 0 aliphatic carbocycles. The highest BCUT2D eigenvalue weighted by Crippen LogP contribution is 2.17. The van der Waals surface area contributed by atoms with Crippen LogP contribution >= 0.6 is 11.3 Å². The summed E-state index contributed by atoms with van der Waals surface area (Å²) in [7, 11) is 1.97. The molecule has 1 aromatic carbocycles. The number of likely N-dealkylation sites (N-methyl/N-ethyl adjacent to an activating group) is 1. The van der Waals surface area contributed by atoms with Crippen molar-refractivity contribution < 1.29 is 4.79 Å². The van der Waals surface area contributed by atoms with Gasteiger partial charge < -0.3 is 5.32 Å². The largest absolute Gasteiger partial charge is 0.325 e. The number of thiophene rings is 1. The molecule has 21 heavy (non-hydrogen) atoms. The average molecular weight is 302 g/mol. The Morgan fingerprint density at radius 3 is 2.52 bits per heavy atom. The van der Waals surface area contributed by atoms with Crippen molar-refractivity contribution in [2.75, 3.05) is 18.9 Å². The smallest absolute Gasteiger partial charge is 0.238 e. The summed E-state index contributed by atoms with van der Waals surface area (Å²) in [6, 6.07) is 10.1. The number of carbonyl (C=O) groups is 1. The van der Waals surface area contributed by atoms with Gasteiger partial charge in [-0.25, -0.2) is 0 Å². The lowest BCUT2D eigenvalue weighted by atomic mass is 10.1. The molecule has 2 rings (SSSR count). The molecular formula is C17H22N2OS. The van der Waals surface area contributed by atoms with E-state index in [2.05, 4.69) is 30.6 Å². The molecule has 4 heteroatoms. The second kappa shape index (κ2) is 7.38. The van der Waals surface area contributed by atoms with Gasteiger partial charge in [0.1, 0.15) is 0 Å². The van der Waals surface area contributed by atoms with E-state index >= 15 is 0 Å². The minimum absolute atomic E-state index is 0.0240. The first-order valence-electron chi connectivity index (χ1n) is 7.18. The van der Waals surface area contributed by atoms with Crippen molar-refractivity contribution in [3.63, 3.8) is 0 Å². The molecule has 0 atom stereocenters. The van der Waals surface area contributed by atoms with Crippen LogP contribution in [0.4, 0.5) is 5.69 Å². The normalized spacial score (nSPS) is 10.9. The maximum Gasteiger partial charge on any atom is 0.238 e. The third-order valence-corrected chi connectivity index (χ3v) is 4.45. The molecule has 3 nitrogen and oxygen atoms in total. The molecule has 2 aromatic rings. The van der Waals surface area contributed by atoms with Gasteiger partial charge >= 0.3 is 0 Å². The van der Waals surface area contributed by atoms with Gasteiger partial charge in [0.05, 0.1) is 6.54 Å². The van der Waals surface area contributed by atoms with Crippen LogP contribution in [0.25, 0.3) is 0 Å². The second-order valence-corrected chi connectivity index (χ2v) is 6.30. The number of anilines is 1. The molecule has 0 unspecified atom stereocenters. The lowest BCUT2D eigenvalue weighted by molar-refractivity contribution is -0.117. The Hall–Kier alpha value is -1.65. The summed E-state index contributed by atoms with van der Waals surface area (Å²) >= 11 is 1.74. The fourth-order valence-corrected chi connectivity index (χ4v) is 3.12. The summed E-state index contributed by atoms with van der Waals surface area (Å²) in [6.07, 6.45) is 1.01. The number of hydrogen-bond donors (Lipinski definition) is 1. The van der Waals surface area contributed by atoms with Crippen LogP contribution in [0.3, 0.4) is 0 Å². The number of nitrogens with one attached hydrogen (secondary N) is 1. The molecule has 0 saturated carbocycles. The maximum absolute atomic E-state index is 12.0. The predicted molar refractivity (Wildman–Crippen MR) is 89.8 cm³/mol. The second-order valence-electron chi connectivity index (χ2n) is 5.30. The Morgan fingerprint density at radius 1 is 1.24 bits per heavy atom. The van der Waals surface area contributed by atoms with Gasteiger partial charge in [-0.2, -0.15) is 0 Å². The Kier molecular flexibility index (Phi) is 5.53. The van der Waals surface area contributed by atoms with Gasteiger partial charge in [-0.3, -0.25) is 9.69 Å². The summed E-state index contributed by atoms with van der Waals surface area (Å²) in [5, 5.41) is 5.03. The quantitative estimate of drug-likeness (QED) is 0.882. The van der Waals surface area contributed by atoms with Crippen molar-refractivity contribution in [3.8, 4) is 0 Å². The van der Waals surface area contributed by atoms with E-state index in [9.17, 15) is 4.79 Å². The third kappa shape index (κ3) is 4.69. The van der Waals surface area contributed by atoms with Crippen LogP contribution in [0.1, 0.15) is 22.9 Å². The van der Waals surface area contributed by atoms with E-state index in [4.69, 9.17) is 0 Å².